The summed E-state index contributed by atoms with van der Waals surface area (Å²) in [5.41, 5.74) is 19.0. The van der Waals surface area contributed by atoms with Gasteiger partial charge in [-0.2, -0.15) is 0 Å². The average Bonchev–Trinajstić information content (AvgIpc) is 3.74. The van der Waals surface area contributed by atoms with Crippen molar-refractivity contribution in [3.63, 3.8) is 0 Å². The van der Waals surface area contributed by atoms with Gasteiger partial charge in [-0.05, 0) is 92.0 Å². The summed E-state index contributed by atoms with van der Waals surface area (Å²) in [5, 5.41) is 2.25. The molecular formula is C60H41NO. The lowest BCUT2D eigenvalue weighted by Crippen LogP contribution is -2.11. The standard InChI is InChI=1S/C60H41NO/c1-3-19-42(20-4-1)48-25-7-9-28-52(48)54-30-11-12-31-55(54)53-29-10-8-26-49(53)44-37-39-46(40-38-44)61(58-35-15-13-27-50(58)43-21-5-2-6-22-43)47-24-17-23-45(41-47)51-33-18-34-57-56-32-14-16-36-59(56)62-60(51)57/h1-41H. The van der Waals surface area contributed by atoms with Gasteiger partial charge in [-0.15, -0.1) is 0 Å². The second-order valence-corrected chi connectivity index (χ2v) is 15.6. The summed E-state index contributed by atoms with van der Waals surface area (Å²) in [4.78, 5) is 2.39. The van der Waals surface area contributed by atoms with Gasteiger partial charge in [0.25, 0.3) is 0 Å². The Morgan fingerprint density at radius 3 is 1.34 bits per heavy atom. The summed E-state index contributed by atoms with van der Waals surface area (Å²) >= 11 is 0. The summed E-state index contributed by atoms with van der Waals surface area (Å²) in [6.07, 6.45) is 0. The molecule has 0 aliphatic rings. The minimum absolute atomic E-state index is 0.895. The highest BCUT2D eigenvalue weighted by molar-refractivity contribution is 6.09. The average molecular weight is 792 g/mol. The fraction of sp³-hybridized carbons (Fsp3) is 0. The van der Waals surface area contributed by atoms with Gasteiger partial charge < -0.3 is 9.32 Å². The molecule has 10 aromatic carbocycles. The van der Waals surface area contributed by atoms with E-state index in [0.29, 0.717) is 0 Å². The molecule has 0 aliphatic heterocycles. The fourth-order valence-electron chi connectivity index (χ4n) is 9.04. The summed E-state index contributed by atoms with van der Waals surface area (Å²) in [6, 6.07) is 89.0. The van der Waals surface area contributed by atoms with Crippen molar-refractivity contribution in [2.75, 3.05) is 4.90 Å². The predicted molar refractivity (Wildman–Crippen MR) is 261 cm³/mol. The van der Waals surface area contributed by atoms with Gasteiger partial charge in [0.05, 0.1) is 5.69 Å². The molecule has 2 heteroatoms. The first-order valence-electron chi connectivity index (χ1n) is 21.2. The van der Waals surface area contributed by atoms with Crippen LogP contribution in [0.5, 0.6) is 0 Å². The maximum absolute atomic E-state index is 6.53. The summed E-state index contributed by atoms with van der Waals surface area (Å²) in [6.45, 7) is 0. The van der Waals surface area contributed by atoms with Gasteiger partial charge in [-0.25, -0.2) is 0 Å². The maximum Gasteiger partial charge on any atom is 0.143 e. The van der Waals surface area contributed by atoms with Gasteiger partial charge >= 0.3 is 0 Å². The zero-order valence-electron chi connectivity index (χ0n) is 34.0. The third-order valence-corrected chi connectivity index (χ3v) is 11.9. The highest BCUT2D eigenvalue weighted by Crippen LogP contribution is 2.45. The largest absolute Gasteiger partial charge is 0.455 e. The minimum Gasteiger partial charge on any atom is -0.455 e. The molecule has 0 saturated heterocycles. The van der Waals surface area contributed by atoms with Crippen LogP contribution in [0.4, 0.5) is 17.1 Å². The Hall–Kier alpha value is -8.20. The van der Waals surface area contributed by atoms with E-state index in [1.807, 2.05) is 12.1 Å². The topological polar surface area (TPSA) is 16.4 Å². The third-order valence-electron chi connectivity index (χ3n) is 11.9. The monoisotopic (exact) mass is 791 g/mol. The Balaban J connectivity index is 1.03. The number of hydrogen-bond donors (Lipinski definition) is 0. The summed E-state index contributed by atoms with van der Waals surface area (Å²) in [5.74, 6) is 0. The molecule has 0 aliphatic carbocycles. The molecule has 0 spiro atoms. The summed E-state index contributed by atoms with van der Waals surface area (Å²) < 4.78 is 6.53. The number of anilines is 3. The zero-order chi connectivity index (χ0) is 41.2. The van der Waals surface area contributed by atoms with Gasteiger partial charge in [0, 0.05) is 33.3 Å². The first-order chi connectivity index (χ1) is 30.8. The van der Waals surface area contributed by atoms with Crippen molar-refractivity contribution in [1.29, 1.82) is 0 Å². The molecule has 11 aromatic rings. The van der Waals surface area contributed by atoms with Crippen LogP contribution in [0.15, 0.2) is 253 Å². The van der Waals surface area contributed by atoms with E-state index in [-0.39, 0.29) is 0 Å². The van der Waals surface area contributed by atoms with E-state index >= 15 is 0 Å². The van der Waals surface area contributed by atoms with Crippen molar-refractivity contribution < 1.29 is 4.42 Å². The molecule has 2 nitrogen and oxygen atoms in total. The fourth-order valence-corrected chi connectivity index (χ4v) is 9.04. The van der Waals surface area contributed by atoms with E-state index in [2.05, 4.69) is 241 Å². The predicted octanol–water partition coefficient (Wildman–Crippen LogP) is 17.1. The highest BCUT2D eigenvalue weighted by Gasteiger charge is 2.20. The first kappa shape index (κ1) is 36.8. The van der Waals surface area contributed by atoms with Crippen LogP contribution in [0, 0.1) is 0 Å². The van der Waals surface area contributed by atoms with Crippen LogP contribution in [0.1, 0.15) is 0 Å². The van der Waals surface area contributed by atoms with Crippen molar-refractivity contribution in [2.45, 2.75) is 0 Å². The second kappa shape index (κ2) is 16.1. The lowest BCUT2D eigenvalue weighted by molar-refractivity contribution is 0.670. The molecule has 0 fully saturated rings. The number of nitrogens with zero attached hydrogens (tertiary/aromatic N) is 1. The maximum atomic E-state index is 6.53. The Morgan fingerprint density at radius 1 is 0.258 bits per heavy atom. The molecule has 0 bridgehead atoms. The van der Waals surface area contributed by atoms with Gasteiger partial charge in [-0.1, -0.05) is 212 Å². The number of furan rings is 1. The molecule has 0 saturated carbocycles. The molecule has 11 rings (SSSR count). The normalized spacial score (nSPS) is 11.2. The summed E-state index contributed by atoms with van der Waals surface area (Å²) in [7, 11) is 0. The van der Waals surface area contributed by atoms with Crippen LogP contribution in [-0.4, -0.2) is 0 Å². The third kappa shape index (κ3) is 6.74. The first-order valence-corrected chi connectivity index (χ1v) is 21.2. The van der Waals surface area contributed by atoms with Crippen molar-refractivity contribution >= 4 is 39.0 Å². The van der Waals surface area contributed by atoms with E-state index < -0.39 is 0 Å². The van der Waals surface area contributed by atoms with Gasteiger partial charge in [0.2, 0.25) is 0 Å². The van der Waals surface area contributed by atoms with E-state index in [4.69, 9.17) is 4.42 Å². The van der Waals surface area contributed by atoms with Crippen molar-refractivity contribution in [2.24, 2.45) is 0 Å². The van der Waals surface area contributed by atoms with Crippen LogP contribution in [0.2, 0.25) is 0 Å². The van der Waals surface area contributed by atoms with E-state index in [0.717, 1.165) is 66.8 Å². The number of benzene rings is 10. The molecule has 1 aromatic heterocycles. The van der Waals surface area contributed by atoms with Crippen LogP contribution >= 0.6 is 0 Å². The van der Waals surface area contributed by atoms with E-state index in [1.165, 1.54) is 38.9 Å². The Bertz CT molecular complexity index is 3350. The quantitative estimate of drug-likeness (QED) is 0.145. The Morgan fingerprint density at radius 2 is 0.694 bits per heavy atom. The molecule has 0 atom stereocenters. The van der Waals surface area contributed by atoms with Gasteiger partial charge in [0.15, 0.2) is 0 Å². The molecule has 0 unspecified atom stereocenters. The second-order valence-electron chi connectivity index (χ2n) is 15.6. The molecule has 0 N–H and O–H groups in total. The van der Waals surface area contributed by atoms with Crippen LogP contribution < -0.4 is 4.90 Å². The lowest BCUT2D eigenvalue weighted by Gasteiger charge is -2.28. The molecule has 0 radical (unpaired) electrons. The highest BCUT2D eigenvalue weighted by atomic mass is 16.3. The molecule has 292 valence electrons. The van der Waals surface area contributed by atoms with Crippen LogP contribution in [-0.2, 0) is 0 Å². The molecule has 1 heterocycles. The van der Waals surface area contributed by atoms with Crippen LogP contribution in [0.25, 0.3) is 88.7 Å². The lowest BCUT2D eigenvalue weighted by atomic mass is 9.87. The van der Waals surface area contributed by atoms with E-state index in [9.17, 15) is 0 Å². The number of rotatable bonds is 9. The van der Waals surface area contributed by atoms with Crippen molar-refractivity contribution in [3.8, 4) is 66.8 Å². The zero-order valence-corrected chi connectivity index (χ0v) is 34.0. The smallest absolute Gasteiger partial charge is 0.143 e. The Kier molecular flexibility index (Phi) is 9.57. The number of fused-ring (bicyclic) bond motifs is 3. The molecule has 0 amide bonds. The SMILES string of the molecule is c1ccc(-c2ccccc2-c2ccccc2-c2ccccc2-c2ccc(N(c3cccc(-c4cccc5c4oc4ccccc45)c3)c3ccccc3-c3ccccc3)cc2)cc1. The van der Waals surface area contributed by atoms with Crippen molar-refractivity contribution in [3.05, 3.63) is 249 Å². The van der Waals surface area contributed by atoms with Gasteiger partial charge in [-0.3, -0.25) is 0 Å². The molecular weight excluding hydrogens is 751 g/mol. The minimum atomic E-state index is 0.895. The van der Waals surface area contributed by atoms with Crippen LogP contribution in [0.3, 0.4) is 0 Å². The van der Waals surface area contributed by atoms with E-state index in [1.54, 1.807) is 0 Å². The number of para-hydroxylation sites is 3. The van der Waals surface area contributed by atoms with Crippen molar-refractivity contribution in [1.82, 2.24) is 0 Å². The van der Waals surface area contributed by atoms with Gasteiger partial charge in [0.1, 0.15) is 11.2 Å². The Labute approximate surface area is 362 Å². The number of hydrogen-bond acceptors (Lipinski definition) is 2. The molecule has 62 heavy (non-hydrogen) atoms.